The Morgan fingerprint density at radius 2 is 2.05 bits per heavy atom. The molecule has 0 fully saturated rings. The highest BCUT2D eigenvalue weighted by Gasteiger charge is 2.11. The second-order valence-corrected chi connectivity index (χ2v) is 4.48. The Morgan fingerprint density at radius 3 is 2.76 bits per heavy atom. The molecular weight excluding hydrogens is 273 g/mol. The fraction of sp³-hybridized carbons (Fsp3) is 0.0667. The number of amides is 1. The topological polar surface area (TPSA) is 87.7 Å². The van der Waals surface area contributed by atoms with Crippen molar-refractivity contribution >= 4 is 17.4 Å². The number of oxime groups is 1. The molecule has 0 bridgehead atoms. The van der Waals surface area contributed by atoms with Crippen LogP contribution in [0.25, 0.3) is 0 Å². The number of carbonyl (C=O) groups is 1. The Morgan fingerprint density at radius 1 is 1.29 bits per heavy atom. The Bertz CT molecular complexity index is 714. The number of nitrogens with zero attached hydrogens (tertiary/aromatic N) is 1. The van der Waals surface area contributed by atoms with Crippen LogP contribution >= 0.6 is 0 Å². The molecule has 108 valence electrons. The molecule has 0 radical (unpaired) electrons. The largest absolute Gasteiger partial charge is 0.409 e. The molecule has 6 heteroatoms. The summed E-state index contributed by atoms with van der Waals surface area (Å²) in [6.45, 7) is 1.72. The van der Waals surface area contributed by atoms with E-state index >= 15 is 0 Å². The van der Waals surface area contributed by atoms with E-state index in [0.29, 0.717) is 16.8 Å². The van der Waals surface area contributed by atoms with E-state index in [0.717, 1.165) is 0 Å². The molecule has 1 amide bonds. The van der Waals surface area contributed by atoms with Crippen LogP contribution in [0.3, 0.4) is 0 Å². The summed E-state index contributed by atoms with van der Waals surface area (Å²) in [6, 6.07) is 10.5. The number of nitrogens with one attached hydrogen (secondary N) is 1. The van der Waals surface area contributed by atoms with Crippen LogP contribution in [0.5, 0.6) is 0 Å². The van der Waals surface area contributed by atoms with Crippen molar-refractivity contribution in [3.63, 3.8) is 0 Å². The number of hydrogen-bond donors (Lipinski definition) is 3. The van der Waals surface area contributed by atoms with Crippen molar-refractivity contribution in [3.8, 4) is 0 Å². The summed E-state index contributed by atoms with van der Waals surface area (Å²) in [4.78, 5) is 12.1. The molecule has 0 saturated heterocycles. The zero-order valence-corrected chi connectivity index (χ0v) is 11.3. The van der Waals surface area contributed by atoms with Gasteiger partial charge in [-0.2, -0.15) is 0 Å². The van der Waals surface area contributed by atoms with E-state index in [1.165, 1.54) is 18.2 Å². The smallest absolute Gasteiger partial charge is 0.256 e. The zero-order chi connectivity index (χ0) is 15.4. The number of amidine groups is 1. The minimum Gasteiger partial charge on any atom is -0.409 e. The quantitative estimate of drug-likeness (QED) is 0.351. The van der Waals surface area contributed by atoms with Gasteiger partial charge in [0.05, 0.1) is 0 Å². The first kappa shape index (κ1) is 14.5. The van der Waals surface area contributed by atoms with Crippen LogP contribution in [0.1, 0.15) is 21.5 Å². The van der Waals surface area contributed by atoms with Gasteiger partial charge in [0.25, 0.3) is 5.91 Å². The minimum absolute atomic E-state index is 0.0620. The van der Waals surface area contributed by atoms with Gasteiger partial charge >= 0.3 is 0 Å². The predicted octanol–water partition coefficient (Wildman–Crippen LogP) is 2.48. The molecule has 21 heavy (non-hydrogen) atoms. The van der Waals surface area contributed by atoms with Crippen molar-refractivity contribution in [1.29, 1.82) is 0 Å². The second-order valence-electron chi connectivity index (χ2n) is 4.48. The molecule has 2 aromatic rings. The summed E-state index contributed by atoms with van der Waals surface area (Å²) in [5, 5.41) is 14.2. The fourth-order valence-electron chi connectivity index (χ4n) is 1.85. The Labute approximate surface area is 120 Å². The number of halogens is 1. The Balaban J connectivity index is 2.26. The third-order valence-corrected chi connectivity index (χ3v) is 2.97. The molecule has 0 spiro atoms. The summed E-state index contributed by atoms with van der Waals surface area (Å²) in [5.41, 5.74) is 7.34. The number of carbonyl (C=O) groups excluding carboxylic acids is 1. The van der Waals surface area contributed by atoms with Crippen LogP contribution in [-0.2, 0) is 0 Å². The number of aryl methyl sites for hydroxylation is 1. The molecule has 0 unspecified atom stereocenters. The van der Waals surface area contributed by atoms with Crippen LogP contribution in [-0.4, -0.2) is 17.0 Å². The fourth-order valence-corrected chi connectivity index (χ4v) is 1.85. The number of anilines is 1. The number of hydrogen-bond acceptors (Lipinski definition) is 3. The highest BCUT2D eigenvalue weighted by atomic mass is 19.1. The third kappa shape index (κ3) is 3.36. The molecule has 0 aliphatic rings. The van der Waals surface area contributed by atoms with Gasteiger partial charge in [-0.15, -0.1) is 0 Å². The maximum Gasteiger partial charge on any atom is 0.256 e. The molecule has 0 aliphatic carbocycles. The maximum absolute atomic E-state index is 13.2. The summed E-state index contributed by atoms with van der Waals surface area (Å²) in [5.74, 6) is -0.965. The van der Waals surface area contributed by atoms with E-state index in [-0.39, 0.29) is 11.4 Å². The monoisotopic (exact) mass is 287 g/mol. The van der Waals surface area contributed by atoms with E-state index in [1.807, 2.05) is 0 Å². The highest BCUT2D eigenvalue weighted by molar-refractivity contribution is 6.06. The van der Waals surface area contributed by atoms with Crippen molar-refractivity contribution in [2.75, 3.05) is 5.32 Å². The lowest BCUT2D eigenvalue weighted by atomic mass is 10.1. The van der Waals surface area contributed by atoms with Gasteiger partial charge < -0.3 is 16.3 Å². The third-order valence-electron chi connectivity index (χ3n) is 2.97. The van der Waals surface area contributed by atoms with Gasteiger partial charge in [-0.25, -0.2) is 4.39 Å². The first-order chi connectivity index (χ1) is 10.0. The average molecular weight is 287 g/mol. The standard InChI is InChI=1S/C15H14FN3O2/c1-9-5-6-11(16)8-13(9)15(20)18-12-4-2-3-10(7-12)14(17)19-21/h2-8,21H,1H3,(H2,17,19)(H,18,20). The van der Waals surface area contributed by atoms with Crippen molar-refractivity contribution in [1.82, 2.24) is 0 Å². The Hall–Kier alpha value is -2.89. The molecule has 2 aromatic carbocycles. The minimum atomic E-state index is -0.476. The Kier molecular flexibility index (Phi) is 4.18. The molecule has 4 N–H and O–H groups in total. The van der Waals surface area contributed by atoms with Crippen molar-refractivity contribution in [2.45, 2.75) is 6.92 Å². The van der Waals surface area contributed by atoms with Gasteiger partial charge in [-0.1, -0.05) is 23.4 Å². The van der Waals surface area contributed by atoms with E-state index in [1.54, 1.807) is 31.2 Å². The van der Waals surface area contributed by atoms with Crippen molar-refractivity contribution < 1.29 is 14.4 Å². The molecule has 5 nitrogen and oxygen atoms in total. The molecule has 0 heterocycles. The summed E-state index contributed by atoms with van der Waals surface area (Å²) >= 11 is 0. The van der Waals surface area contributed by atoms with Gasteiger partial charge in [0, 0.05) is 16.8 Å². The van der Waals surface area contributed by atoms with Gasteiger partial charge in [-0.05, 0) is 36.8 Å². The number of benzene rings is 2. The van der Waals surface area contributed by atoms with E-state index < -0.39 is 11.7 Å². The van der Waals surface area contributed by atoms with Crippen LogP contribution in [0.15, 0.2) is 47.6 Å². The van der Waals surface area contributed by atoms with Crippen LogP contribution < -0.4 is 11.1 Å². The molecule has 0 aromatic heterocycles. The van der Waals surface area contributed by atoms with Crippen LogP contribution in [0.2, 0.25) is 0 Å². The molecule has 2 rings (SSSR count). The summed E-state index contributed by atoms with van der Waals surface area (Å²) < 4.78 is 13.2. The number of nitrogens with two attached hydrogens (primary N) is 1. The maximum atomic E-state index is 13.2. The average Bonchev–Trinajstić information content (AvgIpc) is 2.49. The van der Waals surface area contributed by atoms with E-state index in [9.17, 15) is 9.18 Å². The molecule has 0 saturated carbocycles. The predicted molar refractivity (Wildman–Crippen MR) is 78.0 cm³/mol. The summed E-state index contributed by atoms with van der Waals surface area (Å²) in [7, 11) is 0. The lowest BCUT2D eigenvalue weighted by Gasteiger charge is -2.09. The first-order valence-electron chi connectivity index (χ1n) is 6.16. The second kappa shape index (κ2) is 6.04. The molecular formula is C15H14FN3O2. The van der Waals surface area contributed by atoms with Gasteiger partial charge in [0.15, 0.2) is 5.84 Å². The van der Waals surface area contributed by atoms with Crippen LogP contribution in [0.4, 0.5) is 10.1 Å². The van der Waals surface area contributed by atoms with Crippen LogP contribution in [0, 0.1) is 12.7 Å². The van der Waals surface area contributed by atoms with Gasteiger partial charge in [-0.3, -0.25) is 4.79 Å². The van der Waals surface area contributed by atoms with Crippen molar-refractivity contribution in [2.24, 2.45) is 10.9 Å². The lowest BCUT2D eigenvalue weighted by molar-refractivity contribution is 0.102. The van der Waals surface area contributed by atoms with E-state index in [2.05, 4.69) is 10.5 Å². The lowest BCUT2D eigenvalue weighted by Crippen LogP contribution is -2.16. The van der Waals surface area contributed by atoms with Gasteiger partial charge in [0.1, 0.15) is 5.82 Å². The summed E-state index contributed by atoms with van der Waals surface area (Å²) in [6.07, 6.45) is 0. The number of rotatable bonds is 3. The first-order valence-corrected chi connectivity index (χ1v) is 6.16. The van der Waals surface area contributed by atoms with Gasteiger partial charge in [0.2, 0.25) is 0 Å². The molecule has 0 aliphatic heterocycles. The SMILES string of the molecule is Cc1ccc(F)cc1C(=O)Nc1cccc(C(N)=NO)c1. The highest BCUT2D eigenvalue weighted by Crippen LogP contribution is 2.15. The molecule has 0 atom stereocenters. The van der Waals surface area contributed by atoms with Crippen molar-refractivity contribution in [3.05, 3.63) is 65.0 Å². The zero-order valence-electron chi connectivity index (χ0n) is 11.3. The normalized spacial score (nSPS) is 11.2. The van der Waals surface area contributed by atoms with E-state index in [4.69, 9.17) is 10.9 Å².